The Kier molecular flexibility index (Phi) is 4.31. The van der Waals surface area contributed by atoms with Gasteiger partial charge in [0.05, 0.1) is 0 Å². The minimum atomic E-state index is 0.406. The number of hydrogen-bond acceptors (Lipinski definition) is 2. The van der Waals surface area contributed by atoms with Crippen LogP contribution in [0.5, 0.6) is 5.75 Å². The van der Waals surface area contributed by atoms with Crippen molar-refractivity contribution < 1.29 is 9.53 Å². The Balaban J connectivity index is 1.60. The smallest absolute Gasteiger partial charge is 0.132 e. The minimum absolute atomic E-state index is 0.406. The average molecular weight is 333 g/mol. The molecule has 0 atom stereocenters. The quantitative estimate of drug-likeness (QED) is 0.674. The first-order valence-electron chi connectivity index (χ1n) is 8.98. The Morgan fingerprint density at radius 2 is 1.84 bits per heavy atom. The van der Waals surface area contributed by atoms with Crippen LogP contribution in [-0.2, 0) is 18.4 Å². The van der Waals surface area contributed by atoms with Gasteiger partial charge in [-0.25, -0.2) is 0 Å². The van der Waals surface area contributed by atoms with Crippen LogP contribution < -0.4 is 4.74 Å². The fourth-order valence-corrected chi connectivity index (χ4v) is 3.81. The molecule has 1 aromatic heterocycles. The number of aromatic nitrogens is 1. The van der Waals surface area contributed by atoms with Crippen molar-refractivity contribution in [3.05, 3.63) is 65.9 Å². The van der Waals surface area contributed by atoms with Crippen LogP contribution in [0.25, 0.3) is 10.9 Å². The Bertz CT molecular complexity index is 885. The molecule has 0 unspecified atom stereocenters. The summed E-state index contributed by atoms with van der Waals surface area (Å²) in [5, 5.41) is 1.26. The number of fused-ring (bicyclic) bond motifs is 1. The van der Waals surface area contributed by atoms with Crippen LogP contribution in [0.1, 0.15) is 42.7 Å². The normalized spacial score (nSPS) is 15.6. The van der Waals surface area contributed by atoms with E-state index >= 15 is 0 Å². The molecule has 2 aromatic carbocycles. The molecule has 25 heavy (non-hydrogen) atoms. The van der Waals surface area contributed by atoms with Gasteiger partial charge in [0.2, 0.25) is 0 Å². The van der Waals surface area contributed by atoms with E-state index in [1.165, 1.54) is 22.0 Å². The number of hydrogen-bond donors (Lipinski definition) is 0. The van der Waals surface area contributed by atoms with Crippen molar-refractivity contribution in [1.29, 1.82) is 0 Å². The lowest BCUT2D eigenvalue weighted by molar-refractivity contribution is -0.120. The molecule has 0 saturated heterocycles. The molecule has 3 aromatic rings. The van der Waals surface area contributed by atoms with Crippen LogP contribution in [-0.4, -0.2) is 10.4 Å². The number of carbonyl (C=O) groups is 1. The van der Waals surface area contributed by atoms with Gasteiger partial charge in [0, 0.05) is 37.0 Å². The van der Waals surface area contributed by atoms with E-state index in [0.29, 0.717) is 31.1 Å². The molecule has 1 aliphatic rings. The fraction of sp³-hybridized carbons (Fsp3) is 0.318. The second-order valence-corrected chi connectivity index (χ2v) is 6.96. The van der Waals surface area contributed by atoms with E-state index < -0.39 is 0 Å². The zero-order valence-corrected chi connectivity index (χ0v) is 14.6. The van der Waals surface area contributed by atoms with E-state index in [4.69, 9.17) is 4.74 Å². The number of benzene rings is 2. The Morgan fingerprint density at radius 1 is 1.08 bits per heavy atom. The average Bonchev–Trinajstić information content (AvgIpc) is 2.98. The highest BCUT2D eigenvalue weighted by Crippen LogP contribution is 2.37. The van der Waals surface area contributed by atoms with E-state index in [9.17, 15) is 4.79 Å². The van der Waals surface area contributed by atoms with Gasteiger partial charge >= 0.3 is 0 Å². The standard InChI is InChI=1S/C22H23NO2/c1-23-14-21(17-7-9-18(24)10-8-17)20-13-19(11-12-22(20)23)25-15-16-5-3-2-4-6-16/h2-6,11-14,17H,7-10,15H2,1H3. The van der Waals surface area contributed by atoms with Crippen LogP contribution in [0.2, 0.25) is 0 Å². The second kappa shape index (κ2) is 6.75. The summed E-state index contributed by atoms with van der Waals surface area (Å²) in [4.78, 5) is 11.6. The number of ketones is 1. The lowest BCUT2D eigenvalue weighted by Crippen LogP contribution is -2.12. The molecule has 1 aliphatic carbocycles. The summed E-state index contributed by atoms with van der Waals surface area (Å²) >= 11 is 0. The number of nitrogens with zero attached hydrogens (tertiary/aromatic N) is 1. The molecule has 0 aliphatic heterocycles. The van der Waals surface area contributed by atoms with Crippen molar-refractivity contribution >= 4 is 16.7 Å². The lowest BCUT2D eigenvalue weighted by Gasteiger charge is -2.20. The largest absolute Gasteiger partial charge is 0.489 e. The van der Waals surface area contributed by atoms with E-state index in [1.807, 2.05) is 24.3 Å². The maximum atomic E-state index is 11.6. The first-order chi connectivity index (χ1) is 12.2. The minimum Gasteiger partial charge on any atom is -0.489 e. The lowest BCUT2D eigenvalue weighted by atomic mass is 9.83. The molecule has 0 radical (unpaired) electrons. The first kappa shape index (κ1) is 15.9. The molecule has 1 fully saturated rings. The van der Waals surface area contributed by atoms with Gasteiger partial charge in [0.15, 0.2) is 0 Å². The van der Waals surface area contributed by atoms with Crippen LogP contribution in [0.4, 0.5) is 0 Å². The molecule has 0 spiro atoms. The molecule has 1 saturated carbocycles. The third-order valence-corrected chi connectivity index (χ3v) is 5.22. The monoisotopic (exact) mass is 333 g/mol. The zero-order chi connectivity index (χ0) is 17.2. The number of carbonyl (C=O) groups excluding carboxylic acids is 1. The van der Waals surface area contributed by atoms with E-state index in [2.05, 4.69) is 42.1 Å². The fourth-order valence-electron chi connectivity index (χ4n) is 3.81. The molecule has 128 valence electrons. The number of aryl methyl sites for hydroxylation is 1. The number of Topliss-reactive ketones (excluding diaryl/α,β-unsaturated/α-hetero) is 1. The molecule has 1 heterocycles. The predicted molar refractivity (Wildman–Crippen MR) is 99.9 cm³/mol. The molecule has 0 bridgehead atoms. The van der Waals surface area contributed by atoms with Gasteiger partial charge in [0.1, 0.15) is 18.1 Å². The van der Waals surface area contributed by atoms with Crippen LogP contribution in [0, 0.1) is 0 Å². The SMILES string of the molecule is Cn1cc(C2CCC(=O)CC2)c2cc(OCc3ccccc3)ccc21. The van der Waals surface area contributed by atoms with Crippen LogP contribution in [0.15, 0.2) is 54.7 Å². The molecular weight excluding hydrogens is 310 g/mol. The van der Waals surface area contributed by atoms with Crippen molar-refractivity contribution in [2.75, 3.05) is 0 Å². The summed E-state index contributed by atoms with van der Waals surface area (Å²) in [5.41, 5.74) is 3.75. The van der Waals surface area contributed by atoms with Crippen molar-refractivity contribution in [1.82, 2.24) is 4.57 Å². The van der Waals surface area contributed by atoms with Crippen molar-refractivity contribution in [2.45, 2.75) is 38.2 Å². The number of rotatable bonds is 4. The highest BCUT2D eigenvalue weighted by Gasteiger charge is 2.23. The maximum Gasteiger partial charge on any atom is 0.132 e. The van der Waals surface area contributed by atoms with Gasteiger partial charge in [-0.2, -0.15) is 0 Å². The third-order valence-electron chi connectivity index (χ3n) is 5.22. The Labute approximate surface area is 148 Å². The molecule has 4 rings (SSSR count). The summed E-state index contributed by atoms with van der Waals surface area (Å²) in [6.45, 7) is 0.576. The first-order valence-corrected chi connectivity index (χ1v) is 8.98. The van der Waals surface area contributed by atoms with Gasteiger partial charge in [-0.15, -0.1) is 0 Å². The predicted octanol–water partition coefficient (Wildman–Crippen LogP) is 4.98. The summed E-state index contributed by atoms with van der Waals surface area (Å²) in [6.07, 6.45) is 5.59. The maximum absolute atomic E-state index is 11.6. The van der Waals surface area contributed by atoms with Crippen molar-refractivity contribution in [3.63, 3.8) is 0 Å². The number of ether oxygens (including phenoxy) is 1. The summed E-state index contributed by atoms with van der Waals surface area (Å²) in [5.74, 6) is 1.78. The van der Waals surface area contributed by atoms with Gasteiger partial charge in [-0.3, -0.25) is 4.79 Å². The zero-order valence-electron chi connectivity index (χ0n) is 14.6. The summed E-state index contributed by atoms with van der Waals surface area (Å²) in [7, 11) is 2.09. The molecule has 3 heteroatoms. The second-order valence-electron chi connectivity index (χ2n) is 6.96. The van der Waals surface area contributed by atoms with Crippen molar-refractivity contribution in [2.24, 2.45) is 7.05 Å². The van der Waals surface area contributed by atoms with Gasteiger partial charge < -0.3 is 9.30 Å². The van der Waals surface area contributed by atoms with Gasteiger partial charge in [-0.05, 0) is 48.1 Å². The third kappa shape index (κ3) is 3.32. The van der Waals surface area contributed by atoms with Gasteiger partial charge in [-0.1, -0.05) is 30.3 Å². The molecule has 3 nitrogen and oxygen atoms in total. The Morgan fingerprint density at radius 3 is 2.60 bits per heavy atom. The molecular formula is C22H23NO2. The van der Waals surface area contributed by atoms with Crippen LogP contribution in [0.3, 0.4) is 0 Å². The highest BCUT2D eigenvalue weighted by molar-refractivity contribution is 5.86. The highest BCUT2D eigenvalue weighted by atomic mass is 16.5. The van der Waals surface area contributed by atoms with Crippen molar-refractivity contribution in [3.8, 4) is 5.75 Å². The van der Waals surface area contributed by atoms with E-state index in [1.54, 1.807) is 0 Å². The van der Waals surface area contributed by atoms with E-state index in [-0.39, 0.29) is 0 Å². The topological polar surface area (TPSA) is 31.2 Å². The van der Waals surface area contributed by atoms with E-state index in [0.717, 1.165) is 18.6 Å². The molecule has 0 amide bonds. The van der Waals surface area contributed by atoms with Gasteiger partial charge in [0.25, 0.3) is 0 Å². The summed E-state index contributed by atoms with van der Waals surface area (Å²) in [6, 6.07) is 16.6. The van der Waals surface area contributed by atoms with Crippen LogP contribution >= 0.6 is 0 Å². The Hall–Kier alpha value is -2.55. The molecule has 0 N–H and O–H groups in total. The summed E-state index contributed by atoms with van der Waals surface area (Å²) < 4.78 is 8.19.